The fourth-order valence-corrected chi connectivity index (χ4v) is 2.42. The molecule has 19 heavy (non-hydrogen) atoms. The smallest absolute Gasteiger partial charge is 0.137 e. The monoisotopic (exact) mass is 313 g/mol. The van der Waals surface area contributed by atoms with Gasteiger partial charge in [-0.3, -0.25) is 0 Å². The van der Waals surface area contributed by atoms with Crippen LogP contribution in [0.5, 0.6) is 0 Å². The van der Waals surface area contributed by atoms with Crippen molar-refractivity contribution in [2.45, 2.75) is 0 Å². The van der Waals surface area contributed by atoms with Crippen LogP contribution in [0, 0.1) is 0 Å². The Bertz CT molecular complexity index is 701. The minimum Gasteiger partial charge on any atom is -0.399 e. The van der Waals surface area contributed by atoms with Crippen molar-refractivity contribution in [3.63, 3.8) is 0 Å². The Hall–Kier alpha value is -2.07. The minimum atomic E-state index is 0.751. The molecule has 0 aliphatic carbocycles. The third-order valence-corrected chi connectivity index (χ3v) is 3.62. The molecule has 3 rings (SSSR count). The van der Waals surface area contributed by atoms with Crippen LogP contribution >= 0.6 is 15.9 Å². The average Bonchev–Trinajstić information content (AvgIpc) is 2.89. The summed E-state index contributed by atoms with van der Waals surface area (Å²) in [5.74, 6) is 0.839. The molecule has 3 N–H and O–H groups in total. The van der Waals surface area contributed by atoms with E-state index in [2.05, 4.69) is 25.9 Å². The number of nitrogen functional groups attached to an aromatic ring is 1. The standard InChI is InChI=1S/C15H12BrN3/c16-13-4-2-1-3-12(13)14-9-18-15(19-14)10-5-7-11(17)8-6-10/h1-9H,17H2,(H,18,19). The second kappa shape index (κ2) is 4.90. The number of aromatic nitrogens is 2. The molecule has 94 valence electrons. The van der Waals surface area contributed by atoms with Crippen molar-refractivity contribution in [1.82, 2.24) is 9.97 Å². The van der Waals surface area contributed by atoms with E-state index in [0.717, 1.165) is 32.8 Å². The number of benzene rings is 2. The van der Waals surface area contributed by atoms with Crippen LogP contribution in [0.1, 0.15) is 0 Å². The topological polar surface area (TPSA) is 54.7 Å². The van der Waals surface area contributed by atoms with Gasteiger partial charge in [-0.2, -0.15) is 0 Å². The summed E-state index contributed by atoms with van der Waals surface area (Å²) in [6, 6.07) is 15.7. The van der Waals surface area contributed by atoms with E-state index in [1.165, 1.54) is 0 Å². The summed E-state index contributed by atoms with van der Waals surface area (Å²) in [7, 11) is 0. The van der Waals surface area contributed by atoms with E-state index in [4.69, 9.17) is 5.73 Å². The molecule has 0 radical (unpaired) electrons. The lowest BCUT2D eigenvalue weighted by atomic mass is 10.2. The highest BCUT2D eigenvalue weighted by Crippen LogP contribution is 2.28. The molecule has 0 aliphatic heterocycles. The summed E-state index contributed by atoms with van der Waals surface area (Å²) in [6.45, 7) is 0. The molecule has 0 aliphatic rings. The summed E-state index contributed by atoms with van der Waals surface area (Å²) >= 11 is 3.54. The number of nitrogens with zero attached hydrogens (tertiary/aromatic N) is 1. The third-order valence-electron chi connectivity index (χ3n) is 2.92. The Balaban J connectivity index is 2.00. The normalized spacial score (nSPS) is 10.6. The van der Waals surface area contributed by atoms with Crippen LogP contribution < -0.4 is 5.73 Å². The first-order valence-electron chi connectivity index (χ1n) is 5.90. The summed E-state index contributed by atoms with van der Waals surface area (Å²) < 4.78 is 1.04. The van der Waals surface area contributed by atoms with Crippen LogP contribution in [-0.4, -0.2) is 9.97 Å². The van der Waals surface area contributed by atoms with E-state index in [-0.39, 0.29) is 0 Å². The number of rotatable bonds is 2. The second-order valence-electron chi connectivity index (χ2n) is 4.25. The van der Waals surface area contributed by atoms with Crippen LogP contribution in [0.3, 0.4) is 0 Å². The Morgan fingerprint density at radius 3 is 2.47 bits per heavy atom. The van der Waals surface area contributed by atoms with Gasteiger partial charge in [0.15, 0.2) is 0 Å². The van der Waals surface area contributed by atoms with Crippen LogP contribution in [0.4, 0.5) is 5.69 Å². The summed E-state index contributed by atoms with van der Waals surface area (Å²) in [6.07, 6.45) is 1.84. The van der Waals surface area contributed by atoms with E-state index in [1.807, 2.05) is 54.7 Å². The first kappa shape index (κ1) is 12.0. The van der Waals surface area contributed by atoms with Crippen molar-refractivity contribution < 1.29 is 0 Å². The van der Waals surface area contributed by atoms with Crippen LogP contribution in [-0.2, 0) is 0 Å². The van der Waals surface area contributed by atoms with Gasteiger partial charge in [-0.1, -0.05) is 34.1 Å². The van der Waals surface area contributed by atoms with Crippen molar-refractivity contribution >= 4 is 21.6 Å². The molecule has 0 amide bonds. The van der Waals surface area contributed by atoms with Crippen molar-refractivity contribution in [1.29, 1.82) is 0 Å². The van der Waals surface area contributed by atoms with Crippen LogP contribution in [0.15, 0.2) is 59.2 Å². The van der Waals surface area contributed by atoms with Crippen LogP contribution in [0.25, 0.3) is 22.6 Å². The van der Waals surface area contributed by atoms with Gasteiger partial charge < -0.3 is 10.7 Å². The zero-order valence-electron chi connectivity index (χ0n) is 10.1. The van der Waals surface area contributed by atoms with E-state index in [9.17, 15) is 0 Å². The molecule has 0 spiro atoms. The molecule has 0 atom stereocenters. The highest BCUT2D eigenvalue weighted by atomic mass is 79.9. The number of nitrogens with two attached hydrogens (primary N) is 1. The molecule has 3 aromatic rings. The molecule has 3 nitrogen and oxygen atoms in total. The maximum absolute atomic E-state index is 5.68. The number of H-pyrrole nitrogens is 1. The fourth-order valence-electron chi connectivity index (χ4n) is 1.93. The van der Waals surface area contributed by atoms with Gasteiger partial charge in [0.2, 0.25) is 0 Å². The molecule has 0 unspecified atom stereocenters. The zero-order chi connectivity index (χ0) is 13.2. The quantitative estimate of drug-likeness (QED) is 0.700. The lowest BCUT2D eigenvalue weighted by Gasteiger charge is -2.01. The third kappa shape index (κ3) is 2.39. The molecular formula is C15H12BrN3. The number of aromatic amines is 1. The molecule has 2 aromatic carbocycles. The number of anilines is 1. The zero-order valence-corrected chi connectivity index (χ0v) is 11.7. The minimum absolute atomic E-state index is 0.751. The Morgan fingerprint density at radius 1 is 1.00 bits per heavy atom. The molecule has 0 fully saturated rings. The first-order valence-corrected chi connectivity index (χ1v) is 6.69. The average molecular weight is 314 g/mol. The van der Waals surface area contributed by atoms with Crippen molar-refractivity contribution in [2.75, 3.05) is 5.73 Å². The maximum Gasteiger partial charge on any atom is 0.137 e. The van der Waals surface area contributed by atoms with E-state index < -0.39 is 0 Å². The maximum atomic E-state index is 5.68. The van der Waals surface area contributed by atoms with Crippen molar-refractivity contribution in [2.24, 2.45) is 0 Å². The lowest BCUT2D eigenvalue weighted by molar-refractivity contribution is 1.31. The van der Waals surface area contributed by atoms with Gasteiger partial charge in [0.25, 0.3) is 0 Å². The summed E-state index contributed by atoms with van der Waals surface area (Å²) in [4.78, 5) is 7.74. The predicted molar refractivity (Wildman–Crippen MR) is 81.6 cm³/mol. The molecule has 0 bridgehead atoms. The summed E-state index contributed by atoms with van der Waals surface area (Å²) in [5.41, 5.74) is 9.54. The van der Waals surface area contributed by atoms with Gasteiger partial charge in [0, 0.05) is 21.3 Å². The number of imidazole rings is 1. The predicted octanol–water partition coefficient (Wildman–Crippen LogP) is 4.09. The van der Waals surface area contributed by atoms with Gasteiger partial charge in [0.1, 0.15) is 5.82 Å². The molecule has 0 saturated heterocycles. The van der Waals surface area contributed by atoms with E-state index >= 15 is 0 Å². The van der Waals surface area contributed by atoms with Gasteiger partial charge in [-0.05, 0) is 30.3 Å². The molecule has 0 saturated carbocycles. The lowest BCUT2D eigenvalue weighted by Crippen LogP contribution is -1.85. The Labute approximate surface area is 119 Å². The number of hydrogen-bond donors (Lipinski definition) is 2. The largest absolute Gasteiger partial charge is 0.399 e. The second-order valence-corrected chi connectivity index (χ2v) is 5.10. The fraction of sp³-hybridized carbons (Fsp3) is 0. The highest BCUT2D eigenvalue weighted by molar-refractivity contribution is 9.10. The van der Waals surface area contributed by atoms with Gasteiger partial charge in [0.05, 0.1) is 11.9 Å². The molecule has 1 heterocycles. The van der Waals surface area contributed by atoms with Crippen molar-refractivity contribution in [3.8, 4) is 22.6 Å². The molecule has 1 aromatic heterocycles. The van der Waals surface area contributed by atoms with Gasteiger partial charge in [-0.25, -0.2) is 4.98 Å². The number of nitrogens with one attached hydrogen (secondary N) is 1. The molecule has 4 heteroatoms. The SMILES string of the molecule is Nc1ccc(-c2ncc(-c3ccccc3Br)[nH]2)cc1. The van der Waals surface area contributed by atoms with Gasteiger partial charge in [-0.15, -0.1) is 0 Å². The van der Waals surface area contributed by atoms with E-state index in [1.54, 1.807) is 0 Å². The van der Waals surface area contributed by atoms with Crippen molar-refractivity contribution in [3.05, 3.63) is 59.2 Å². The Morgan fingerprint density at radius 2 is 1.74 bits per heavy atom. The summed E-state index contributed by atoms with van der Waals surface area (Å²) in [5, 5.41) is 0. The van der Waals surface area contributed by atoms with Crippen LogP contribution in [0.2, 0.25) is 0 Å². The number of halogens is 1. The number of hydrogen-bond acceptors (Lipinski definition) is 2. The first-order chi connectivity index (χ1) is 9.24. The van der Waals surface area contributed by atoms with Gasteiger partial charge >= 0.3 is 0 Å². The molecular weight excluding hydrogens is 302 g/mol. The Kier molecular flexibility index (Phi) is 3.09. The highest BCUT2D eigenvalue weighted by Gasteiger charge is 2.07. The van der Waals surface area contributed by atoms with E-state index in [0.29, 0.717) is 0 Å².